The van der Waals surface area contributed by atoms with Gasteiger partial charge in [-0.15, -0.1) is 0 Å². The molecule has 0 aromatic carbocycles. The highest BCUT2D eigenvalue weighted by Crippen LogP contribution is 2.75. The van der Waals surface area contributed by atoms with Gasteiger partial charge in [0.05, 0.1) is 37.9 Å². The Labute approximate surface area is 292 Å². The molecule has 4 aliphatic carbocycles. The average Bonchev–Trinajstić information content (AvgIpc) is 3.41. The van der Waals surface area contributed by atoms with Crippen LogP contribution in [0.2, 0.25) is 0 Å². The van der Waals surface area contributed by atoms with E-state index in [4.69, 9.17) is 15.2 Å². The fraction of sp³-hybridized carbons (Fsp3) is 0.846. The number of nitrogens with zero attached hydrogens (tertiary/aromatic N) is 2. The van der Waals surface area contributed by atoms with Crippen molar-refractivity contribution < 1.29 is 19.4 Å². The standard InChI is InChI=1S/C39H62BrN3O4/c1-23(2)25(5)34(6)15-16-36(8)26-11-12-29-35(7)20-46-22-39(29,27(26)13-14-37(36,9)30(34)32(44)45)19-28(43-18-17-42-33(43)40)31(35)47-21-38(10,41)24(3)4/h13,17-18,23-26,28-31H,11-12,14-16,19-22,41H2,1-10H3,(H,44,45)/t25-,26+,28-,29+,30-,31+,34-,35+,36-,37+,38+,39+/m1/s1. The molecule has 3 N–H and O–H groups in total. The van der Waals surface area contributed by atoms with Crippen LogP contribution >= 0.6 is 15.9 Å². The number of carboxylic acids is 1. The molecule has 6 rings (SSSR count). The fourth-order valence-corrected chi connectivity index (χ4v) is 12.6. The molecule has 264 valence electrons. The smallest absolute Gasteiger partial charge is 0.307 e. The summed E-state index contributed by atoms with van der Waals surface area (Å²) in [7, 11) is 0. The largest absolute Gasteiger partial charge is 0.481 e. The topological polar surface area (TPSA) is 99.6 Å². The van der Waals surface area contributed by atoms with Gasteiger partial charge in [-0.3, -0.25) is 4.79 Å². The summed E-state index contributed by atoms with van der Waals surface area (Å²) < 4.78 is 16.9. The number of carboxylic acid groups (broad SMARTS) is 1. The van der Waals surface area contributed by atoms with Crippen molar-refractivity contribution in [2.75, 3.05) is 19.8 Å². The van der Waals surface area contributed by atoms with E-state index in [1.165, 1.54) is 0 Å². The first-order valence-electron chi connectivity index (χ1n) is 18.4. The number of fused-ring (bicyclic) bond motifs is 3. The molecule has 0 amide bonds. The molecule has 5 aliphatic rings. The van der Waals surface area contributed by atoms with Gasteiger partial charge in [0, 0.05) is 28.8 Å². The molecule has 2 bridgehead atoms. The van der Waals surface area contributed by atoms with Crippen molar-refractivity contribution in [3.63, 3.8) is 0 Å². The minimum Gasteiger partial charge on any atom is -0.481 e. The highest BCUT2D eigenvalue weighted by atomic mass is 79.9. The fourth-order valence-electron chi connectivity index (χ4n) is 12.1. The second-order valence-electron chi connectivity index (χ2n) is 18.6. The van der Waals surface area contributed by atoms with Gasteiger partial charge in [0.25, 0.3) is 0 Å². The van der Waals surface area contributed by atoms with Gasteiger partial charge in [-0.1, -0.05) is 74.0 Å². The number of rotatable bonds is 8. The number of allylic oxidation sites excluding steroid dienone is 1. The molecular weight excluding hydrogens is 654 g/mol. The van der Waals surface area contributed by atoms with E-state index in [2.05, 4.69) is 107 Å². The van der Waals surface area contributed by atoms with Crippen LogP contribution in [-0.2, 0) is 14.3 Å². The molecule has 7 nitrogen and oxygen atoms in total. The van der Waals surface area contributed by atoms with E-state index in [1.54, 1.807) is 5.57 Å². The van der Waals surface area contributed by atoms with Crippen molar-refractivity contribution in [3.05, 3.63) is 28.8 Å². The number of hydrogen-bond acceptors (Lipinski definition) is 5. The third kappa shape index (κ3) is 4.94. The van der Waals surface area contributed by atoms with Crippen molar-refractivity contribution in [1.82, 2.24) is 9.55 Å². The average molecular weight is 717 g/mol. The van der Waals surface area contributed by atoms with Crippen LogP contribution in [0.4, 0.5) is 0 Å². The third-order valence-electron chi connectivity index (χ3n) is 16.0. The Morgan fingerprint density at radius 2 is 1.85 bits per heavy atom. The molecule has 0 radical (unpaired) electrons. The number of aromatic nitrogens is 2. The maximum absolute atomic E-state index is 13.4. The lowest BCUT2D eigenvalue weighted by atomic mass is 9.34. The maximum atomic E-state index is 13.4. The molecule has 1 aliphatic heterocycles. The van der Waals surface area contributed by atoms with Crippen LogP contribution in [0.15, 0.2) is 28.8 Å². The van der Waals surface area contributed by atoms with E-state index >= 15 is 0 Å². The molecule has 3 saturated carbocycles. The summed E-state index contributed by atoms with van der Waals surface area (Å²) in [5.74, 6) is 0.794. The van der Waals surface area contributed by atoms with Crippen LogP contribution < -0.4 is 5.73 Å². The molecule has 0 spiro atoms. The maximum Gasteiger partial charge on any atom is 0.307 e. The van der Waals surface area contributed by atoms with E-state index in [-0.39, 0.29) is 45.1 Å². The zero-order chi connectivity index (χ0) is 34.5. The molecule has 8 heteroatoms. The summed E-state index contributed by atoms with van der Waals surface area (Å²) in [5, 5.41) is 11.0. The van der Waals surface area contributed by atoms with E-state index in [1.807, 2.05) is 6.20 Å². The number of nitrogens with two attached hydrogens (primary N) is 1. The summed E-state index contributed by atoms with van der Waals surface area (Å²) in [6.45, 7) is 24.6. The van der Waals surface area contributed by atoms with E-state index in [9.17, 15) is 9.90 Å². The van der Waals surface area contributed by atoms with Gasteiger partial charge in [0.2, 0.25) is 0 Å². The first-order valence-corrected chi connectivity index (χ1v) is 19.2. The predicted molar refractivity (Wildman–Crippen MR) is 190 cm³/mol. The third-order valence-corrected chi connectivity index (χ3v) is 16.6. The molecule has 1 aromatic heterocycles. The Balaban J connectivity index is 1.45. The van der Waals surface area contributed by atoms with Gasteiger partial charge in [-0.05, 0) is 107 Å². The Morgan fingerprint density at radius 1 is 1.15 bits per heavy atom. The molecule has 1 aromatic rings. The monoisotopic (exact) mass is 715 g/mol. The normalized spacial score (nSPS) is 45.0. The van der Waals surface area contributed by atoms with Crippen LogP contribution in [-0.4, -0.2) is 52.1 Å². The van der Waals surface area contributed by atoms with E-state index in [0.717, 1.165) is 43.3 Å². The summed E-state index contributed by atoms with van der Waals surface area (Å²) in [4.78, 5) is 18.0. The first kappa shape index (κ1) is 35.6. The number of aliphatic carboxylic acids is 1. The minimum atomic E-state index is -0.610. The highest BCUT2D eigenvalue weighted by Gasteiger charge is 2.72. The molecule has 12 atom stereocenters. The Hall–Kier alpha value is -1.22. The van der Waals surface area contributed by atoms with Crippen LogP contribution in [0.1, 0.15) is 114 Å². The predicted octanol–water partition coefficient (Wildman–Crippen LogP) is 8.53. The van der Waals surface area contributed by atoms with Gasteiger partial charge < -0.3 is 24.9 Å². The Morgan fingerprint density at radius 3 is 2.45 bits per heavy atom. The highest BCUT2D eigenvalue weighted by molar-refractivity contribution is 9.10. The van der Waals surface area contributed by atoms with Gasteiger partial charge >= 0.3 is 5.97 Å². The number of ether oxygens (including phenoxy) is 2. The van der Waals surface area contributed by atoms with E-state index < -0.39 is 17.4 Å². The molecule has 0 unspecified atom stereocenters. The van der Waals surface area contributed by atoms with Gasteiger partial charge in [0.1, 0.15) is 0 Å². The summed E-state index contributed by atoms with van der Waals surface area (Å²) in [6, 6.07) is 0.0639. The van der Waals surface area contributed by atoms with Crippen molar-refractivity contribution in [3.8, 4) is 0 Å². The Kier molecular flexibility index (Phi) is 8.84. The number of carbonyl (C=O) groups is 1. The Bertz CT molecular complexity index is 1410. The molecule has 4 fully saturated rings. The van der Waals surface area contributed by atoms with Crippen LogP contribution in [0.3, 0.4) is 0 Å². The summed E-state index contributed by atoms with van der Waals surface area (Å²) in [6.07, 6.45) is 12.3. The van der Waals surface area contributed by atoms with Gasteiger partial charge in [-0.25, -0.2) is 4.98 Å². The lowest BCUT2D eigenvalue weighted by Crippen LogP contribution is -2.69. The van der Waals surface area contributed by atoms with E-state index in [0.29, 0.717) is 43.5 Å². The zero-order valence-corrected chi connectivity index (χ0v) is 32.3. The second-order valence-corrected chi connectivity index (χ2v) is 19.3. The number of imidazole rings is 1. The molecule has 2 heterocycles. The number of halogens is 1. The lowest BCUT2D eigenvalue weighted by Gasteiger charge is -2.71. The summed E-state index contributed by atoms with van der Waals surface area (Å²) in [5.41, 5.74) is 6.87. The SMILES string of the molecule is CC(C)[C@@H](C)[C@@]1(C)CC[C@]2(C)[C@H]3CC[C@@H]4[C@@]5(COC[C@]4(C)[C@@H](OC[C@](C)(N)C(C)C)[C@H](n4ccnc4Br)C5)C3=CC[C@@]2(C)[C@@H]1C(=O)O. The molecular formula is C39H62BrN3O4. The summed E-state index contributed by atoms with van der Waals surface area (Å²) >= 11 is 3.78. The van der Waals surface area contributed by atoms with Crippen molar-refractivity contribution in [2.24, 2.45) is 68.3 Å². The van der Waals surface area contributed by atoms with Crippen molar-refractivity contribution >= 4 is 21.9 Å². The van der Waals surface area contributed by atoms with Crippen LogP contribution in [0, 0.1) is 62.6 Å². The molecule has 47 heavy (non-hydrogen) atoms. The zero-order valence-electron chi connectivity index (χ0n) is 30.7. The van der Waals surface area contributed by atoms with Crippen molar-refractivity contribution in [2.45, 2.75) is 125 Å². The quantitative estimate of drug-likeness (QED) is 0.262. The minimum absolute atomic E-state index is 0.0639. The van der Waals surface area contributed by atoms with Crippen molar-refractivity contribution in [1.29, 1.82) is 0 Å². The lowest BCUT2D eigenvalue weighted by molar-refractivity contribution is -0.252. The van der Waals surface area contributed by atoms with Crippen LogP contribution in [0.5, 0.6) is 0 Å². The van der Waals surface area contributed by atoms with Crippen LogP contribution in [0.25, 0.3) is 0 Å². The van der Waals surface area contributed by atoms with Gasteiger partial charge in [0.15, 0.2) is 4.73 Å². The second kappa shape index (κ2) is 11.7. The van der Waals surface area contributed by atoms with Gasteiger partial charge in [-0.2, -0.15) is 0 Å². The first-order chi connectivity index (χ1) is 21.8. The molecule has 1 saturated heterocycles. The number of hydrogen-bond donors (Lipinski definition) is 2.